The molecule has 0 saturated carbocycles. The monoisotopic (exact) mass is 283 g/mol. The van der Waals surface area contributed by atoms with Crippen molar-refractivity contribution < 1.29 is 8.78 Å². The summed E-state index contributed by atoms with van der Waals surface area (Å²) < 4.78 is 26.9. The maximum atomic E-state index is 13.7. The molecule has 20 heavy (non-hydrogen) atoms. The average Bonchev–Trinajstić information content (AvgIpc) is 2.45. The zero-order valence-corrected chi connectivity index (χ0v) is 12.8. The van der Waals surface area contributed by atoms with Crippen LogP contribution in [0.2, 0.25) is 0 Å². The van der Waals surface area contributed by atoms with Gasteiger partial charge in [0.15, 0.2) is 0 Å². The molecule has 114 valence electrons. The molecule has 0 aliphatic heterocycles. The number of hydrogen-bond donors (Lipinski definition) is 0. The molecule has 3 heteroatoms. The second-order valence-electron chi connectivity index (χ2n) is 5.30. The van der Waals surface area contributed by atoms with Crippen LogP contribution >= 0.6 is 0 Å². The predicted octanol–water partition coefficient (Wildman–Crippen LogP) is 5.54. The summed E-state index contributed by atoms with van der Waals surface area (Å²) in [6, 6.07) is 3.67. The van der Waals surface area contributed by atoms with Gasteiger partial charge in [0.2, 0.25) is 0 Å². The Morgan fingerprint density at radius 1 is 0.900 bits per heavy atom. The van der Waals surface area contributed by atoms with Gasteiger partial charge in [-0.25, -0.2) is 8.78 Å². The van der Waals surface area contributed by atoms with E-state index in [1.807, 2.05) is 11.8 Å². The van der Waals surface area contributed by atoms with Gasteiger partial charge in [0, 0.05) is 19.2 Å². The second-order valence-corrected chi connectivity index (χ2v) is 5.30. The van der Waals surface area contributed by atoms with Crippen molar-refractivity contribution in [2.45, 2.75) is 58.8 Å². The van der Waals surface area contributed by atoms with Crippen LogP contribution in [0.3, 0.4) is 0 Å². The lowest BCUT2D eigenvalue weighted by molar-refractivity contribution is 0.572. The highest BCUT2D eigenvalue weighted by Gasteiger charge is 2.10. The minimum absolute atomic E-state index is 0.337. The van der Waals surface area contributed by atoms with Crippen LogP contribution in [0.15, 0.2) is 18.2 Å². The Bertz CT molecular complexity index is 379. The van der Waals surface area contributed by atoms with Crippen molar-refractivity contribution >= 4 is 5.69 Å². The molecule has 1 aromatic carbocycles. The lowest BCUT2D eigenvalue weighted by atomic mass is 10.1. The minimum atomic E-state index is -0.376. The van der Waals surface area contributed by atoms with Crippen LogP contribution in [-0.2, 0) is 0 Å². The van der Waals surface area contributed by atoms with E-state index in [9.17, 15) is 8.78 Å². The van der Waals surface area contributed by atoms with Crippen molar-refractivity contribution in [3.63, 3.8) is 0 Å². The Balaban J connectivity index is 2.34. The lowest BCUT2D eigenvalue weighted by Crippen LogP contribution is -2.25. The molecule has 0 spiro atoms. The van der Waals surface area contributed by atoms with E-state index < -0.39 is 0 Å². The van der Waals surface area contributed by atoms with Gasteiger partial charge in [0.05, 0.1) is 5.69 Å². The molecule has 0 amide bonds. The maximum Gasteiger partial charge on any atom is 0.146 e. The molecular weight excluding hydrogens is 256 g/mol. The molecule has 0 bridgehead atoms. The summed E-state index contributed by atoms with van der Waals surface area (Å²) in [6.45, 7) is 5.69. The standard InChI is InChI=1S/C17H27F2N/c1-3-5-6-7-8-9-10-13-20(4-2)17-14-15(18)11-12-16(17)19/h11-12,14H,3-10,13H2,1-2H3. The normalized spacial score (nSPS) is 10.8. The van der Waals surface area contributed by atoms with Crippen molar-refractivity contribution in [1.82, 2.24) is 0 Å². The summed E-state index contributed by atoms with van der Waals surface area (Å²) in [5.41, 5.74) is 0.387. The molecule has 0 atom stereocenters. The van der Waals surface area contributed by atoms with E-state index in [0.717, 1.165) is 19.4 Å². The van der Waals surface area contributed by atoms with Crippen molar-refractivity contribution in [3.05, 3.63) is 29.8 Å². The Morgan fingerprint density at radius 2 is 1.55 bits per heavy atom. The molecule has 0 fully saturated rings. The van der Waals surface area contributed by atoms with Crippen LogP contribution in [0.25, 0.3) is 0 Å². The SMILES string of the molecule is CCCCCCCCCN(CC)c1cc(F)ccc1F. The summed E-state index contributed by atoms with van der Waals surface area (Å²) in [6.07, 6.45) is 8.62. The van der Waals surface area contributed by atoms with Gasteiger partial charge in [-0.3, -0.25) is 0 Å². The Kier molecular flexibility index (Phi) is 8.24. The smallest absolute Gasteiger partial charge is 0.146 e. The van der Waals surface area contributed by atoms with E-state index in [4.69, 9.17) is 0 Å². The lowest BCUT2D eigenvalue weighted by Gasteiger charge is -2.23. The zero-order valence-electron chi connectivity index (χ0n) is 12.8. The number of nitrogens with zero attached hydrogens (tertiary/aromatic N) is 1. The third-order valence-corrected chi connectivity index (χ3v) is 3.66. The number of unbranched alkanes of at least 4 members (excludes halogenated alkanes) is 6. The molecule has 0 aliphatic carbocycles. The van der Waals surface area contributed by atoms with Crippen LogP contribution in [0, 0.1) is 11.6 Å². The third-order valence-electron chi connectivity index (χ3n) is 3.66. The molecule has 0 unspecified atom stereocenters. The van der Waals surface area contributed by atoms with Gasteiger partial charge in [-0.2, -0.15) is 0 Å². The zero-order chi connectivity index (χ0) is 14.8. The highest BCUT2D eigenvalue weighted by Crippen LogP contribution is 2.21. The summed E-state index contributed by atoms with van der Waals surface area (Å²) >= 11 is 0. The number of benzene rings is 1. The molecule has 1 rings (SSSR count). The van der Waals surface area contributed by atoms with E-state index in [2.05, 4.69) is 6.92 Å². The molecule has 0 aromatic heterocycles. The molecular formula is C17H27F2N. The summed E-state index contributed by atoms with van der Waals surface area (Å²) in [5, 5.41) is 0. The summed E-state index contributed by atoms with van der Waals surface area (Å²) in [7, 11) is 0. The van der Waals surface area contributed by atoms with Gasteiger partial charge < -0.3 is 4.90 Å². The number of hydrogen-bond acceptors (Lipinski definition) is 1. The fraction of sp³-hybridized carbons (Fsp3) is 0.647. The first-order valence-electron chi connectivity index (χ1n) is 7.89. The van der Waals surface area contributed by atoms with Crippen molar-refractivity contribution in [1.29, 1.82) is 0 Å². The van der Waals surface area contributed by atoms with E-state index in [1.165, 1.54) is 50.3 Å². The average molecular weight is 283 g/mol. The van der Waals surface area contributed by atoms with Crippen LogP contribution in [0.5, 0.6) is 0 Å². The highest BCUT2D eigenvalue weighted by molar-refractivity contribution is 5.47. The maximum absolute atomic E-state index is 13.7. The van der Waals surface area contributed by atoms with Gasteiger partial charge in [-0.05, 0) is 25.5 Å². The minimum Gasteiger partial charge on any atom is -0.369 e. The highest BCUT2D eigenvalue weighted by atomic mass is 19.1. The van der Waals surface area contributed by atoms with Gasteiger partial charge in [-0.1, -0.05) is 45.4 Å². The fourth-order valence-corrected chi connectivity index (χ4v) is 2.44. The second kappa shape index (κ2) is 9.73. The first kappa shape index (κ1) is 16.9. The molecule has 0 heterocycles. The summed E-state index contributed by atoms with van der Waals surface area (Å²) in [4.78, 5) is 1.92. The molecule has 0 N–H and O–H groups in total. The van der Waals surface area contributed by atoms with Crippen molar-refractivity contribution in [2.24, 2.45) is 0 Å². The Labute approximate surface area is 122 Å². The fourth-order valence-electron chi connectivity index (χ4n) is 2.44. The first-order valence-corrected chi connectivity index (χ1v) is 7.89. The van der Waals surface area contributed by atoms with Crippen LogP contribution < -0.4 is 4.90 Å². The van der Waals surface area contributed by atoms with Crippen LogP contribution in [-0.4, -0.2) is 13.1 Å². The number of anilines is 1. The first-order chi connectivity index (χ1) is 9.69. The van der Waals surface area contributed by atoms with Gasteiger partial charge in [-0.15, -0.1) is 0 Å². The van der Waals surface area contributed by atoms with Gasteiger partial charge >= 0.3 is 0 Å². The predicted molar refractivity (Wildman–Crippen MR) is 82.2 cm³/mol. The molecule has 0 saturated heterocycles. The van der Waals surface area contributed by atoms with E-state index in [1.54, 1.807) is 0 Å². The van der Waals surface area contributed by atoms with Crippen molar-refractivity contribution in [3.8, 4) is 0 Å². The van der Waals surface area contributed by atoms with Crippen molar-refractivity contribution in [2.75, 3.05) is 18.0 Å². The van der Waals surface area contributed by atoms with E-state index in [-0.39, 0.29) is 11.6 Å². The quantitative estimate of drug-likeness (QED) is 0.509. The Morgan fingerprint density at radius 3 is 2.20 bits per heavy atom. The topological polar surface area (TPSA) is 3.24 Å². The third kappa shape index (κ3) is 5.89. The molecule has 0 radical (unpaired) electrons. The summed E-state index contributed by atoms with van der Waals surface area (Å²) in [5.74, 6) is -0.712. The number of rotatable bonds is 10. The van der Waals surface area contributed by atoms with E-state index >= 15 is 0 Å². The number of halogens is 2. The molecule has 1 aromatic rings. The van der Waals surface area contributed by atoms with Gasteiger partial charge in [0.1, 0.15) is 11.6 Å². The van der Waals surface area contributed by atoms with Gasteiger partial charge in [0.25, 0.3) is 0 Å². The molecule has 1 nitrogen and oxygen atoms in total. The van der Waals surface area contributed by atoms with Crippen LogP contribution in [0.4, 0.5) is 14.5 Å². The Hall–Kier alpha value is -1.12. The molecule has 0 aliphatic rings. The van der Waals surface area contributed by atoms with E-state index in [0.29, 0.717) is 12.2 Å². The largest absolute Gasteiger partial charge is 0.369 e. The van der Waals surface area contributed by atoms with Crippen LogP contribution in [0.1, 0.15) is 58.8 Å².